The van der Waals surface area contributed by atoms with Gasteiger partial charge in [0.2, 0.25) is 0 Å². The van der Waals surface area contributed by atoms with Crippen molar-refractivity contribution in [3.05, 3.63) is 188 Å². The van der Waals surface area contributed by atoms with Crippen molar-refractivity contribution < 1.29 is 4.42 Å². The Bertz CT molecular complexity index is 2550. The number of hydrogen-bond acceptors (Lipinski definition) is 2. The molecule has 0 atom stereocenters. The van der Waals surface area contributed by atoms with Crippen LogP contribution in [0, 0.1) is 0 Å². The molecule has 0 N–H and O–H groups in total. The van der Waals surface area contributed by atoms with Crippen molar-refractivity contribution in [2.45, 2.75) is 0 Å². The van der Waals surface area contributed by atoms with E-state index in [4.69, 9.17) is 4.42 Å². The van der Waals surface area contributed by atoms with E-state index in [1.807, 2.05) is 6.07 Å². The van der Waals surface area contributed by atoms with Crippen molar-refractivity contribution in [3.63, 3.8) is 0 Å². The van der Waals surface area contributed by atoms with E-state index in [9.17, 15) is 0 Å². The largest absolute Gasteiger partial charge is 0.456 e. The summed E-state index contributed by atoms with van der Waals surface area (Å²) in [7, 11) is 0. The van der Waals surface area contributed by atoms with Crippen LogP contribution in [0.3, 0.4) is 0 Å². The van der Waals surface area contributed by atoms with Crippen molar-refractivity contribution in [2.24, 2.45) is 0 Å². The number of anilines is 3. The first kappa shape index (κ1) is 27.9. The third-order valence-corrected chi connectivity index (χ3v) is 9.25. The molecule has 9 aromatic rings. The van der Waals surface area contributed by atoms with E-state index in [0.717, 1.165) is 50.1 Å². The minimum absolute atomic E-state index is 0.874. The number of rotatable bonds is 6. The van der Waals surface area contributed by atoms with Gasteiger partial charge in [0.05, 0.1) is 5.69 Å². The molecule has 0 spiro atoms. The van der Waals surface area contributed by atoms with Gasteiger partial charge in [0.15, 0.2) is 0 Å². The van der Waals surface area contributed by atoms with Crippen LogP contribution in [0.1, 0.15) is 0 Å². The molecule has 0 aliphatic heterocycles. The highest BCUT2D eigenvalue weighted by molar-refractivity contribution is 6.16. The number of hydrogen-bond donors (Lipinski definition) is 0. The summed E-state index contributed by atoms with van der Waals surface area (Å²) >= 11 is 0. The summed E-state index contributed by atoms with van der Waals surface area (Å²) in [4.78, 5) is 2.40. The molecule has 0 aliphatic rings. The van der Waals surface area contributed by atoms with Gasteiger partial charge in [0, 0.05) is 27.7 Å². The lowest BCUT2D eigenvalue weighted by Crippen LogP contribution is -2.11. The average molecular weight is 614 g/mol. The third-order valence-electron chi connectivity index (χ3n) is 9.25. The van der Waals surface area contributed by atoms with Crippen LogP contribution < -0.4 is 4.90 Å². The van der Waals surface area contributed by atoms with E-state index in [2.05, 4.69) is 187 Å². The normalized spacial score (nSPS) is 11.3. The average Bonchev–Trinajstić information content (AvgIpc) is 3.55. The summed E-state index contributed by atoms with van der Waals surface area (Å²) < 4.78 is 6.47. The highest BCUT2D eigenvalue weighted by Crippen LogP contribution is 2.48. The van der Waals surface area contributed by atoms with Crippen LogP contribution in [-0.4, -0.2) is 0 Å². The first-order valence-corrected chi connectivity index (χ1v) is 16.3. The van der Waals surface area contributed by atoms with E-state index in [1.54, 1.807) is 0 Å². The fraction of sp³-hybridized carbons (Fsp3) is 0. The van der Waals surface area contributed by atoms with Crippen molar-refractivity contribution in [1.29, 1.82) is 0 Å². The Hall–Kier alpha value is -6.38. The molecule has 0 bridgehead atoms. The molecule has 1 heterocycles. The van der Waals surface area contributed by atoms with Gasteiger partial charge in [-0.25, -0.2) is 0 Å². The summed E-state index contributed by atoms with van der Waals surface area (Å²) in [5.74, 6) is 0. The molecular weight excluding hydrogens is 583 g/mol. The zero-order valence-electron chi connectivity index (χ0n) is 26.3. The predicted octanol–water partition coefficient (Wildman–Crippen LogP) is 13.2. The molecule has 0 radical (unpaired) electrons. The van der Waals surface area contributed by atoms with Crippen LogP contribution in [0.5, 0.6) is 0 Å². The van der Waals surface area contributed by atoms with Crippen molar-refractivity contribution in [1.82, 2.24) is 0 Å². The van der Waals surface area contributed by atoms with Crippen molar-refractivity contribution in [3.8, 4) is 33.4 Å². The Morgan fingerprint density at radius 1 is 0.354 bits per heavy atom. The molecule has 1 aromatic heterocycles. The van der Waals surface area contributed by atoms with Gasteiger partial charge in [0.1, 0.15) is 11.2 Å². The standard InChI is InChI=1S/C46H31NO/c1-3-12-32(13-4-1)35-22-24-36(25-23-35)45-42(28-29-44-46(45)41-20-9-10-21-43(41)48-44)47(40-27-26-34-16-7-8-17-37(34)31-40)39-19-11-18-38(30-39)33-14-5-2-6-15-33/h1-31H. The number of benzene rings is 8. The first-order chi connectivity index (χ1) is 23.8. The number of nitrogens with zero attached hydrogens (tertiary/aromatic N) is 1. The third kappa shape index (κ3) is 4.92. The Kier molecular flexibility index (Phi) is 6.84. The van der Waals surface area contributed by atoms with Crippen LogP contribution >= 0.6 is 0 Å². The Morgan fingerprint density at radius 2 is 0.958 bits per heavy atom. The second-order valence-corrected chi connectivity index (χ2v) is 12.2. The minimum atomic E-state index is 0.874. The van der Waals surface area contributed by atoms with E-state index < -0.39 is 0 Å². The molecule has 0 saturated carbocycles. The lowest BCUT2D eigenvalue weighted by Gasteiger charge is -2.29. The maximum Gasteiger partial charge on any atom is 0.136 e. The second kappa shape index (κ2) is 11.8. The molecule has 0 unspecified atom stereocenters. The zero-order chi connectivity index (χ0) is 31.9. The zero-order valence-corrected chi connectivity index (χ0v) is 26.3. The molecule has 48 heavy (non-hydrogen) atoms. The van der Waals surface area contributed by atoms with Crippen LogP contribution in [-0.2, 0) is 0 Å². The SMILES string of the molecule is c1ccc(-c2ccc(-c3c(N(c4cccc(-c5ccccc5)c4)c4ccc5ccccc5c4)ccc4oc5ccccc5c34)cc2)cc1. The summed E-state index contributed by atoms with van der Waals surface area (Å²) in [5.41, 5.74) is 12.0. The Balaban J connectivity index is 1.33. The summed E-state index contributed by atoms with van der Waals surface area (Å²) in [5, 5.41) is 4.63. The van der Waals surface area contributed by atoms with Crippen molar-refractivity contribution in [2.75, 3.05) is 4.90 Å². The van der Waals surface area contributed by atoms with E-state index in [1.165, 1.54) is 33.0 Å². The van der Waals surface area contributed by atoms with Gasteiger partial charge in [-0.3, -0.25) is 0 Å². The number of fused-ring (bicyclic) bond motifs is 4. The van der Waals surface area contributed by atoms with Gasteiger partial charge >= 0.3 is 0 Å². The fourth-order valence-electron chi connectivity index (χ4n) is 6.94. The first-order valence-electron chi connectivity index (χ1n) is 16.3. The van der Waals surface area contributed by atoms with Crippen LogP contribution in [0.4, 0.5) is 17.1 Å². The molecule has 9 rings (SSSR count). The summed E-state index contributed by atoms with van der Waals surface area (Å²) in [6.45, 7) is 0. The van der Waals surface area contributed by atoms with Gasteiger partial charge in [0.25, 0.3) is 0 Å². The summed E-state index contributed by atoms with van der Waals surface area (Å²) in [6.07, 6.45) is 0. The topological polar surface area (TPSA) is 16.4 Å². The monoisotopic (exact) mass is 613 g/mol. The van der Waals surface area contributed by atoms with Gasteiger partial charge < -0.3 is 9.32 Å². The maximum absolute atomic E-state index is 6.47. The van der Waals surface area contributed by atoms with E-state index in [0.29, 0.717) is 0 Å². The molecule has 0 fully saturated rings. The molecule has 8 aromatic carbocycles. The number of para-hydroxylation sites is 1. The highest BCUT2D eigenvalue weighted by Gasteiger charge is 2.23. The second-order valence-electron chi connectivity index (χ2n) is 12.2. The Labute approximate surface area is 279 Å². The fourth-order valence-corrected chi connectivity index (χ4v) is 6.94. The maximum atomic E-state index is 6.47. The molecule has 226 valence electrons. The molecule has 2 nitrogen and oxygen atoms in total. The highest BCUT2D eigenvalue weighted by atomic mass is 16.3. The minimum Gasteiger partial charge on any atom is -0.456 e. The molecule has 0 amide bonds. The lowest BCUT2D eigenvalue weighted by molar-refractivity contribution is 0.669. The summed E-state index contributed by atoms with van der Waals surface area (Å²) in [6, 6.07) is 67.0. The number of furan rings is 1. The van der Waals surface area contributed by atoms with Crippen LogP contribution in [0.25, 0.3) is 66.1 Å². The van der Waals surface area contributed by atoms with Gasteiger partial charge in [-0.2, -0.15) is 0 Å². The van der Waals surface area contributed by atoms with E-state index >= 15 is 0 Å². The van der Waals surface area contributed by atoms with Crippen molar-refractivity contribution >= 4 is 49.8 Å². The van der Waals surface area contributed by atoms with Gasteiger partial charge in [-0.05, 0) is 81.1 Å². The lowest BCUT2D eigenvalue weighted by atomic mass is 9.94. The van der Waals surface area contributed by atoms with E-state index in [-0.39, 0.29) is 0 Å². The molecule has 2 heteroatoms. The van der Waals surface area contributed by atoms with Gasteiger partial charge in [-0.1, -0.05) is 146 Å². The smallest absolute Gasteiger partial charge is 0.136 e. The van der Waals surface area contributed by atoms with Gasteiger partial charge in [-0.15, -0.1) is 0 Å². The molecule has 0 aliphatic carbocycles. The predicted molar refractivity (Wildman–Crippen MR) is 202 cm³/mol. The van der Waals surface area contributed by atoms with Crippen LogP contribution in [0.2, 0.25) is 0 Å². The molecular formula is C46H31NO. The van der Waals surface area contributed by atoms with Crippen LogP contribution in [0.15, 0.2) is 192 Å². The Morgan fingerprint density at radius 3 is 1.75 bits per heavy atom. The molecule has 0 saturated heterocycles. The quantitative estimate of drug-likeness (QED) is 0.185.